The van der Waals surface area contributed by atoms with Crippen molar-refractivity contribution in [3.8, 4) is 5.75 Å². The molecule has 0 radical (unpaired) electrons. The summed E-state index contributed by atoms with van der Waals surface area (Å²) in [5.74, 6) is 0.861. The molecule has 0 spiro atoms. The van der Waals surface area contributed by atoms with Crippen molar-refractivity contribution in [3.05, 3.63) is 102 Å². The summed E-state index contributed by atoms with van der Waals surface area (Å²) in [6.07, 6.45) is -0.512. The Balaban J connectivity index is 1.63. The molecule has 0 aliphatic rings. The Morgan fingerprint density at radius 1 is 0.750 bits per heavy atom. The van der Waals surface area contributed by atoms with Crippen molar-refractivity contribution >= 4 is 0 Å². The van der Waals surface area contributed by atoms with Crippen LogP contribution in [0.2, 0.25) is 0 Å². The SMILES string of the molecule is CC(c1ccc(OCc2ccccc2)cc1)C(O)c1ccccc1. The molecule has 0 bridgehead atoms. The van der Waals surface area contributed by atoms with E-state index in [1.54, 1.807) is 0 Å². The molecule has 24 heavy (non-hydrogen) atoms. The van der Waals surface area contributed by atoms with Crippen LogP contribution in [0.4, 0.5) is 0 Å². The lowest BCUT2D eigenvalue weighted by atomic mass is 9.91. The third-order valence-electron chi connectivity index (χ3n) is 4.27. The van der Waals surface area contributed by atoms with Gasteiger partial charge in [0.05, 0.1) is 6.10 Å². The first-order valence-corrected chi connectivity index (χ1v) is 8.24. The number of hydrogen-bond acceptors (Lipinski definition) is 2. The fourth-order valence-electron chi connectivity index (χ4n) is 2.73. The summed E-state index contributed by atoms with van der Waals surface area (Å²) in [5, 5.41) is 10.5. The summed E-state index contributed by atoms with van der Waals surface area (Å²) in [7, 11) is 0. The fraction of sp³-hybridized carbons (Fsp3) is 0.182. The van der Waals surface area contributed by atoms with Gasteiger partial charge in [-0.1, -0.05) is 79.7 Å². The first-order chi connectivity index (χ1) is 11.7. The van der Waals surface area contributed by atoms with E-state index >= 15 is 0 Å². The highest BCUT2D eigenvalue weighted by Crippen LogP contribution is 2.31. The standard InChI is InChI=1S/C22H22O2/c1-17(22(23)20-10-6-3-7-11-20)19-12-14-21(15-13-19)24-16-18-8-4-2-5-9-18/h2-15,17,22-23H,16H2,1H3. The summed E-state index contributed by atoms with van der Waals surface area (Å²) in [6, 6.07) is 27.9. The van der Waals surface area contributed by atoms with Crippen molar-refractivity contribution in [2.75, 3.05) is 0 Å². The van der Waals surface area contributed by atoms with E-state index in [4.69, 9.17) is 4.74 Å². The molecule has 3 rings (SSSR count). The molecule has 0 aromatic heterocycles. The van der Waals surface area contributed by atoms with Gasteiger partial charge in [0.25, 0.3) is 0 Å². The molecular weight excluding hydrogens is 296 g/mol. The first-order valence-electron chi connectivity index (χ1n) is 8.24. The molecular formula is C22H22O2. The summed E-state index contributed by atoms with van der Waals surface area (Å²) in [5.41, 5.74) is 3.18. The molecule has 2 nitrogen and oxygen atoms in total. The Morgan fingerprint density at radius 2 is 1.33 bits per heavy atom. The van der Waals surface area contributed by atoms with Crippen LogP contribution in [-0.4, -0.2) is 5.11 Å². The maximum absolute atomic E-state index is 10.5. The van der Waals surface area contributed by atoms with Crippen molar-refractivity contribution in [1.29, 1.82) is 0 Å². The number of aliphatic hydroxyl groups excluding tert-OH is 1. The van der Waals surface area contributed by atoms with Crippen LogP contribution >= 0.6 is 0 Å². The Morgan fingerprint density at radius 3 is 1.96 bits per heavy atom. The zero-order valence-electron chi connectivity index (χ0n) is 13.8. The summed E-state index contributed by atoms with van der Waals surface area (Å²) in [6.45, 7) is 2.60. The van der Waals surface area contributed by atoms with E-state index in [2.05, 4.69) is 0 Å². The molecule has 2 heteroatoms. The fourth-order valence-corrected chi connectivity index (χ4v) is 2.73. The van der Waals surface area contributed by atoms with Crippen LogP contribution in [0.25, 0.3) is 0 Å². The maximum Gasteiger partial charge on any atom is 0.119 e. The molecule has 122 valence electrons. The van der Waals surface area contributed by atoms with E-state index < -0.39 is 6.10 Å². The van der Waals surface area contributed by atoms with Gasteiger partial charge in [0.15, 0.2) is 0 Å². The molecule has 0 aliphatic carbocycles. The van der Waals surface area contributed by atoms with Crippen LogP contribution in [-0.2, 0) is 6.61 Å². The van der Waals surface area contributed by atoms with Gasteiger partial charge in [-0.05, 0) is 28.8 Å². The normalized spacial score (nSPS) is 13.2. The predicted molar refractivity (Wildman–Crippen MR) is 97.0 cm³/mol. The number of aliphatic hydroxyl groups is 1. The lowest BCUT2D eigenvalue weighted by Gasteiger charge is -2.20. The van der Waals surface area contributed by atoms with Crippen LogP contribution in [0.15, 0.2) is 84.9 Å². The van der Waals surface area contributed by atoms with Gasteiger partial charge in [-0.15, -0.1) is 0 Å². The molecule has 0 saturated heterocycles. The number of ether oxygens (including phenoxy) is 1. The smallest absolute Gasteiger partial charge is 0.119 e. The highest BCUT2D eigenvalue weighted by Gasteiger charge is 2.17. The third-order valence-corrected chi connectivity index (χ3v) is 4.27. The zero-order chi connectivity index (χ0) is 16.8. The molecule has 2 atom stereocenters. The van der Waals surface area contributed by atoms with Gasteiger partial charge >= 0.3 is 0 Å². The van der Waals surface area contributed by atoms with Crippen LogP contribution in [0.3, 0.4) is 0 Å². The van der Waals surface area contributed by atoms with Gasteiger partial charge in [-0.25, -0.2) is 0 Å². The quantitative estimate of drug-likeness (QED) is 0.685. The van der Waals surface area contributed by atoms with Crippen molar-refractivity contribution < 1.29 is 9.84 Å². The van der Waals surface area contributed by atoms with Crippen molar-refractivity contribution in [2.24, 2.45) is 0 Å². The van der Waals surface area contributed by atoms with Gasteiger partial charge in [0.1, 0.15) is 12.4 Å². The lowest BCUT2D eigenvalue weighted by Crippen LogP contribution is -2.07. The molecule has 3 aromatic rings. The van der Waals surface area contributed by atoms with E-state index in [9.17, 15) is 5.11 Å². The molecule has 0 aliphatic heterocycles. The highest BCUT2D eigenvalue weighted by molar-refractivity contribution is 5.32. The molecule has 0 fully saturated rings. The molecule has 3 aromatic carbocycles. The molecule has 0 amide bonds. The Bertz CT molecular complexity index is 736. The minimum absolute atomic E-state index is 0.0237. The average Bonchev–Trinajstić information content (AvgIpc) is 2.67. The molecule has 0 saturated carbocycles. The lowest BCUT2D eigenvalue weighted by molar-refractivity contribution is 0.151. The second kappa shape index (κ2) is 7.80. The minimum Gasteiger partial charge on any atom is -0.489 e. The van der Waals surface area contributed by atoms with E-state index in [1.165, 1.54) is 0 Å². The topological polar surface area (TPSA) is 29.5 Å². The molecule has 1 N–H and O–H groups in total. The van der Waals surface area contributed by atoms with E-state index in [1.807, 2.05) is 91.9 Å². The summed E-state index contributed by atoms with van der Waals surface area (Å²) >= 11 is 0. The van der Waals surface area contributed by atoms with Gasteiger partial charge in [0, 0.05) is 5.92 Å². The minimum atomic E-state index is -0.512. The Kier molecular flexibility index (Phi) is 5.29. The number of benzene rings is 3. The summed E-state index contributed by atoms with van der Waals surface area (Å²) in [4.78, 5) is 0. The molecule has 2 unspecified atom stereocenters. The largest absolute Gasteiger partial charge is 0.489 e. The number of hydrogen-bond donors (Lipinski definition) is 1. The maximum atomic E-state index is 10.5. The van der Waals surface area contributed by atoms with Crippen LogP contribution in [0.1, 0.15) is 35.6 Å². The predicted octanol–water partition coefficient (Wildman–Crippen LogP) is 5.10. The van der Waals surface area contributed by atoms with Crippen molar-refractivity contribution in [1.82, 2.24) is 0 Å². The van der Waals surface area contributed by atoms with E-state index in [0.29, 0.717) is 6.61 Å². The van der Waals surface area contributed by atoms with Gasteiger partial charge in [0.2, 0.25) is 0 Å². The summed E-state index contributed by atoms with van der Waals surface area (Å²) < 4.78 is 5.81. The van der Waals surface area contributed by atoms with Gasteiger partial charge < -0.3 is 9.84 Å². The highest BCUT2D eigenvalue weighted by atomic mass is 16.5. The second-order valence-corrected chi connectivity index (χ2v) is 5.99. The third kappa shape index (κ3) is 4.03. The molecule has 0 heterocycles. The van der Waals surface area contributed by atoms with Crippen LogP contribution in [0, 0.1) is 0 Å². The zero-order valence-corrected chi connectivity index (χ0v) is 13.8. The van der Waals surface area contributed by atoms with Crippen LogP contribution in [0.5, 0.6) is 5.75 Å². The van der Waals surface area contributed by atoms with Gasteiger partial charge in [-0.3, -0.25) is 0 Å². The first kappa shape index (κ1) is 16.3. The second-order valence-electron chi connectivity index (χ2n) is 5.99. The van der Waals surface area contributed by atoms with Crippen LogP contribution < -0.4 is 4.74 Å². The van der Waals surface area contributed by atoms with Gasteiger partial charge in [-0.2, -0.15) is 0 Å². The average molecular weight is 318 g/mol. The van der Waals surface area contributed by atoms with E-state index in [0.717, 1.165) is 22.4 Å². The Hall–Kier alpha value is -2.58. The van der Waals surface area contributed by atoms with Crippen molar-refractivity contribution in [2.45, 2.75) is 25.6 Å². The number of rotatable bonds is 6. The van der Waals surface area contributed by atoms with E-state index in [-0.39, 0.29) is 5.92 Å². The Labute approximate surface area is 143 Å². The van der Waals surface area contributed by atoms with Crippen molar-refractivity contribution in [3.63, 3.8) is 0 Å². The monoisotopic (exact) mass is 318 g/mol.